The zero-order valence-electron chi connectivity index (χ0n) is 9.47. The van der Waals surface area contributed by atoms with Crippen LogP contribution in [0.5, 0.6) is 0 Å². The first kappa shape index (κ1) is 14.2. The molecule has 1 amide bonds. The minimum Gasteiger partial charge on any atom is -0.475 e. The summed E-state index contributed by atoms with van der Waals surface area (Å²) in [6, 6.07) is 2.38. The van der Waals surface area contributed by atoms with Gasteiger partial charge in [-0.05, 0) is 12.1 Å². The number of hydrogen-bond acceptors (Lipinski definition) is 5. The molecule has 0 saturated carbocycles. The van der Waals surface area contributed by atoms with Crippen molar-refractivity contribution in [3.05, 3.63) is 23.7 Å². The molecule has 1 aromatic rings. The van der Waals surface area contributed by atoms with Gasteiger partial charge in [0.15, 0.2) is 5.76 Å². The van der Waals surface area contributed by atoms with Gasteiger partial charge in [0.2, 0.25) is 15.8 Å². The fourth-order valence-corrected chi connectivity index (χ4v) is 1.55. The highest BCUT2D eigenvalue weighted by Crippen LogP contribution is 2.07. The molecule has 0 radical (unpaired) electrons. The molecule has 1 rings (SSSR count). The van der Waals surface area contributed by atoms with E-state index in [0.717, 1.165) is 12.3 Å². The number of carboxylic acids is 1. The van der Waals surface area contributed by atoms with E-state index in [1.165, 1.54) is 6.07 Å². The number of aromatic carboxylic acids is 1. The predicted molar refractivity (Wildman–Crippen MR) is 60.8 cm³/mol. The summed E-state index contributed by atoms with van der Waals surface area (Å²) in [5, 5.41) is 11.0. The molecule has 0 bridgehead atoms. The molecule has 100 valence electrons. The number of rotatable bonds is 6. The number of carbonyl (C=O) groups excluding carboxylic acids is 1. The van der Waals surface area contributed by atoms with Crippen LogP contribution in [0.1, 0.15) is 21.1 Å². The van der Waals surface area contributed by atoms with Gasteiger partial charge in [0.05, 0.1) is 6.26 Å². The van der Waals surface area contributed by atoms with Gasteiger partial charge in [-0.2, -0.15) is 0 Å². The molecule has 9 heteroatoms. The molecule has 8 nitrogen and oxygen atoms in total. The number of nitrogens with one attached hydrogen (secondary N) is 2. The van der Waals surface area contributed by atoms with Crippen LogP contribution in [-0.2, 0) is 10.0 Å². The largest absolute Gasteiger partial charge is 0.475 e. The van der Waals surface area contributed by atoms with Crippen molar-refractivity contribution in [3.63, 3.8) is 0 Å². The highest BCUT2D eigenvalue weighted by molar-refractivity contribution is 7.88. The summed E-state index contributed by atoms with van der Waals surface area (Å²) in [4.78, 5) is 21.9. The van der Waals surface area contributed by atoms with E-state index in [4.69, 9.17) is 9.52 Å². The van der Waals surface area contributed by atoms with Crippen molar-refractivity contribution < 1.29 is 27.5 Å². The molecule has 0 fully saturated rings. The zero-order chi connectivity index (χ0) is 13.8. The highest BCUT2D eigenvalue weighted by Gasteiger charge is 2.14. The molecule has 0 atom stereocenters. The van der Waals surface area contributed by atoms with Crippen LogP contribution in [0.3, 0.4) is 0 Å². The first-order valence-electron chi connectivity index (χ1n) is 4.85. The van der Waals surface area contributed by atoms with Gasteiger partial charge in [0.25, 0.3) is 5.91 Å². The third kappa shape index (κ3) is 4.55. The van der Waals surface area contributed by atoms with Gasteiger partial charge < -0.3 is 14.8 Å². The van der Waals surface area contributed by atoms with Gasteiger partial charge in [0.1, 0.15) is 0 Å². The van der Waals surface area contributed by atoms with E-state index < -0.39 is 21.9 Å². The van der Waals surface area contributed by atoms with Gasteiger partial charge in [0, 0.05) is 13.1 Å². The lowest BCUT2D eigenvalue weighted by molar-refractivity contribution is 0.0659. The van der Waals surface area contributed by atoms with E-state index in [1.807, 2.05) is 0 Å². The monoisotopic (exact) mass is 276 g/mol. The van der Waals surface area contributed by atoms with Crippen molar-refractivity contribution in [2.24, 2.45) is 0 Å². The highest BCUT2D eigenvalue weighted by atomic mass is 32.2. The maximum Gasteiger partial charge on any atom is 0.371 e. The Kier molecular flexibility index (Phi) is 4.45. The standard InChI is InChI=1S/C9H12N2O6S/c1-18(15,16)11-5-4-10-8(12)6-2-3-7(17-6)9(13)14/h2-3,11H,4-5H2,1H3,(H,10,12)(H,13,14). The first-order chi connectivity index (χ1) is 8.29. The Morgan fingerprint density at radius 1 is 1.28 bits per heavy atom. The Hall–Kier alpha value is -1.87. The van der Waals surface area contributed by atoms with Gasteiger partial charge >= 0.3 is 5.97 Å². The van der Waals surface area contributed by atoms with Crippen molar-refractivity contribution in [2.45, 2.75) is 0 Å². The quantitative estimate of drug-likeness (QED) is 0.587. The van der Waals surface area contributed by atoms with E-state index in [2.05, 4.69) is 10.0 Å². The molecule has 0 aromatic carbocycles. The van der Waals surface area contributed by atoms with E-state index in [9.17, 15) is 18.0 Å². The molecular formula is C9H12N2O6S. The SMILES string of the molecule is CS(=O)(=O)NCCNC(=O)c1ccc(C(=O)O)o1. The molecule has 0 spiro atoms. The van der Waals surface area contributed by atoms with E-state index >= 15 is 0 Å². The summed E-state index contributed by atoms with van der Waals surface area (Å²) >= 11 is 0. The fraction of sp³-hybridized carbons (Fsp3) is 0.333. The van der Waals surface area contributed by atoms with E-state index in [0.29, 0.717) is 0 Å². The van der Waals surface area contributed by atoms with Crippen LogP contribution in [0.2, 0.25) is 0 Å². The van der Waals surface area contributed by atoms with E-state index in [1.54, 1.807) is 0 Å². The van der Waals surface area contributed by atoms with Gasteiger partial charge in [-0.25, -0.2) is 17.9 Å². The Morgan fingerprint density at radius 3 is 2.39 bits per heavy atom. The van der Waals surface area contributed by atoms with Gasteiger partial charge in [-0.1, -0.05) is 0 Å². The molecule has 1 aromatic heterocycles. The maximum absolute atomic E-state index is 11.4. The van der Waals surface area contributed by atoms with Crippen molar-refractivity contribution in [2.75, 3.05) is 19.3 Å². The maximum atomic E-state index is 11.4. The zero-order valence-corrected chi connectivity index (χ0v) is 10.3. The number of sulfonamides is 1. The molecule has 3 N–H and O–H groups in total. The number of carbonyl (C=O) groups is 2. The summed E-state index contributed by atoms with van der Waals surface area (Å²) in [6.45, 7) is 0.103. The molecule has 0 aliphatic rings. The van der Waals surface area contributed by atoms with Crippen molar-refractivity contribution in [3.8, 4) is 0 Å². The molecule has 0 aliphatic heterocycles. The van der Waals surface area contributed by atoms with Crippen LogP contribution in [-0.4, -0.2) is 44.7 Å². The van der Waals surface area contributed by atoms with Crippen LogP contribution < -0.4 is 10.0 Å². The first-order valence-corrected chi connectivity index (χ1v) is 6.75. The number of amides is 1. The summed E-state index contributed by atoms with van der Waals surface area (Å²) in [7, 11) is -3.30. The lowest BCUT2D eigenvalue weighted by atomic mass is 10.4. The van der Waals surface area contributed by atoms with Crippen molar-refractivity contribution in [1.82, 2.24) is 10.0 Å². The van der Waals surface area contributed by atoms with Crippen LogP contribution >= 0.6 is 0 Å². The fourth-order valence-electron chi connectivity index (χ4n) is 1.07. The molecule has 0 aliphatic carbocycles. The second kappa shape index (κ2) is 5.65. The molecule has 1 heterocycles. The van der Waals surface area contributed by atoms with Crippen LogP contribution in [0.15, 0.2) is 16.5 Å². The van der Waals surface area contributed by atoms with Crippen LogP contribution in [0, 0.1) is 0 Å². The minimum absolute atomic E-state index is 0.0388. The Balaban J connectivity index is 2.43. The molecule has 0 saturated heterocycles. The Morgan fingerprint density at radius 2 is 1.89 bits per heavy atom. The normalized spacial score (nSPS) is 11.2. The van der Waals surface area contributed by atoms with Crippen LogP contribution in [0.4, 0.5) is 0 Å². The summed E-state index contributed by atoms with van der Waals surface area (Å²) in [5.74, 6) is -2.37. The number of furan rings is 1. The average Bonchev–Trinajstić information content (AvgIpc) is 2.72. The lowest BCUT2D eigenvalue weighted by Crippen LogP contribution is -2.34. The summed E-state index contributed by atoms with van der Waals surface area (Å²) < 4.78 is 28.4. The average molecular weight is 276 g/mol. The topological polar surface area (TPSA) is 126 Å². The van der Waals surface area contributed by atoms with Crippen LogP contribution in [0.25, 0.3) is 0 Å². The van der Waals surface area contributed by atoms with Crippen molar-refractivity contribution in [1.29, 1.82) is 0 Å². The van der Waals surface area contributed by atoms with Gasteiger partial charge in [-0.15, -0.1) is 0 Å². The molecule has 0 unspecified atom stereocenters. The Labute approximate surface area is 103 Å². The van der Waals surface area contributed by atoms with Gasteiger partial charge in [-0.3, -0.25) is 4.79 Å². The summed E-state index contributed by atoms with van der Waals surface area (Å²) in [6.07, 6.45) is 1.00. The number of hydrogen-bond donors (Lipinski definition) is 3. The second-order valence-electron chi connectivity index (χ2n) is 3.39. The predicted octanol–water partition coefficient (Wildman–Crippen LogP) is -0.743. The summed E-state index contributed by atoms with van der Waals surface area (Å²) in [5.41, 5.74) is 0. The smallest absolute Gasteiger partial charge is 0.371 e. The number of carboxylic acid groups (broad SMARTS) is 1. The lowest BCUT2D eigenvalue weighted by Gasteiger charge is -2.03. The molecular weight excluding hydrogens is 264 g/mol. The molecule has 18 heavy (non-hydrogen) atoms. The third-order valence-corrected chi connectivity index (χ3v) is 2.54. The van der Waals surface area contributed by atoms with E-state index in [-0.39, 0.29) is 24.6 Å². The Bertz CT molecular complexity index is 547. The third-order valence-electron chi connectivity index (χ3n) is 1.82. The minimum atomic E-state index is -3.30. The second-order valence-corrected chi connectivity index (χ2v) is 5.22. The van der Waals surface area contributed by atoms with Crippen molar-refractivity contribution >= 4 is 21.9 Å².